The average Bonchev–Trinajstić information content (AvgIpc) is 3.10. The van der Waals surface area contributed by atoms with Gasteiger partial charge in [-0.15, -0.1) is 0 Å². The number of aryl methyl sites for hydroxylation is 1. The number of hydrogen-bond donors (Lipinski definition) is 3. The van der Waals surface area contributed by atoms with E-state index in [9.17, 15) is 4.79 Å². The summed E-state index contributed by atoms with van der Waals surface area (Å²) in [5.41, 5.74) is 9.01. The van der Waals surface area contributed by atoms with Crippen molar-refractivity contribution in [1.29, 1.82) is 0 Å². The molecule has 31 heavy (non-hydrogen) atoms. The van der Waals surface area contributed by atoms with E-state index in [1.165, 1.54) is 27.7 Å². The molecular weight excluding hydrogens is 384 g/mol. The molecule has 0 radical (unpaired) electrons. The highest BCUT2D eigenvalue weighted by molar-refractivity contribution is 5.91. The molecule has 2 aromatic carbocycles. The van der Waals surface area contributed by atoms with Crippen molar-refractivity contribution in [3.63, 3.8) is 0 Å². The zero-order valence-corrected chi connectivity index (χ0v) is 18.9. The van der Waals surface area contributed by atoms with Crippen molar-refractivity contribution < 1.29 is 4.79 Å². The summed E-state index contributed by atoms with van der Waals surface area (Å²) in [6.45, 7) is 9.70. The van der Waals surface area contributed by atoms with Crippen LogP contribution in [0.3, 0.4) is 0 Å². The van der Waals surface area contributed by atoms with E-state index >= 15 is 0 Å². The minimum absolute atomic E-state index is 0.0892. The number of hydrogen-bond acceptors (Lipinski definition) is 3. The number of nitrogens with zero attached hydrogens (tertiary/aromatic N) is 1. The number of nitrogens with one attached hydrogen (secondary N) is 3. The Morgan fingerprint density at radius 3 is 2.61 bits per heavy atom. The van der Waals surface area contributed by atoms with E-state index in [0.29, 0.717) is 0 Å². The van der Waals surface area contributed by atoms with E-state index in [-0.39, 0.29) is 5.91 Å². The van der Waals surface area contributed by atoms with Crippen molar-refractivity contribution in [1.82, 2.24) is 20.7 Å². The van der Waals surface area contributed by atoms with Crippen LogP contribution in [0, 0.1) is 6.92 Å². The predicted molar refractivity (Wildman–Crippen MR) is 130 cm³/mol. The van der Waals surface area contributed by atoms with Gasteiger partial charge in [-0.05, 0) is 55.1 Å². The molecule has 0 saturated heterocycles. The summed E-state index contributed by atoms with van der Waals surface area (Å²) in [6.07, 6.45) is 5.45. The van der Waals surface area contributed by atoms with Crippen molar-refractivity contribution in [3.05, 3.63) is 77.0 Å². The number of rotatable bonds is 11. The van der Waals surface area contributed by atoms with Crippen LogP contribution in [0.2, 0.25) is 0 Å². The molecule has 5 heteroatoms. The van der Waals surface area contributed by atoms with Crippen molar-refractivity contribution in [3.8, 4) is 0 Å². The molecule has 3 aromatic rings. The number of aromatic nitrogens is 1. The molecule has 0 spiro atoms. The molecule has 164 valence electrons. The smallest absolute Gasteiger partial charge is 0.258 e. The molecule has 0 aliphatic carbocycles. The quantitative estimate of drug-likeness (QED) is 0.243. The van der Waals surface area contributed by atoms with Crippen molar-refractivity contribution in [2.45, 2.75) is 40.2 Å². The van der Waals surface area contributed by atoms with Crippen LogP contribution in [0.4, 0.5) is 0 Å². The van der Waals surface area contributed by atoms with Gasteiger partial charge in [0.1, 0.15) is 0 Å². The summed E-state index contributed by atoms with van der Waals surface area (Å²) in [6, 6.07) is 16.8. The molecule has 0 aliphatic heterocycles. The maximum absolute atomic E-state index is 12.1. The fourth-order valence-electron chi connectivity index (χ4n) is 3.78. The van der Waals surface area contributed by atoms with Crippen molar-refractivity contribution >= 4 is 22.9 Å². The lowest BCUT2D eigenvalue weighted by Gasteiger charge is -2.19. The molecule has 0 saturated carbocycles. The Morgan fingerprint density at radius 1 is 1.10 bits per heavy atom. The number of carbonyl (C=O) groups excluding carboxylic acids is 1. The maximum atomic E-state index is 12.1. The Balaban J connectivity index is 1.45. The number of aromatic amines is 1. The Bertz CT molecular complexity index is 1000. The SMILES string of the molecule is CCCN(CC)NC(=O)/C=C/c1ccc(CNCCc2c(C)[nH]c3ccccc23)cc1. The lowest BCUT2D eigenvalue weighted by molar-refractivity contribution is -0.121. The molecule has 0 aliphatic rings. The molecule has 1 aromatic heterocycles. The zero-order chi connectivity index (χ0) is 22.1. The van der Waals surface area contributed by atoms with Crippen LogP contribution in [-0.2, 0) is 17.8 Å². The largest absolute Gasteiger partial charge is 0.358 e. The van der Waals surface area contributed by atoms with Crippen molar-refractivity contribution in [2.75, 3.05) is 19.6 Å². The number of fused-ring (bicyclic) bond motifs is 1. The molecule has 0 fully saturated rings. The fourth-order valence-corrected chi connectivity index (χ4v) is 3.78. The van der Waals surface area contributed by atoms with Gasteiger partial charge >= 0.3 is 0 Å². The number of benzene rings is 2. The van der Waals surface area contributed by atoms with Crippen LogP contribution in [-0.4, -0.2) is 35.5 Å². The van der Waals surface area contributed by atoms with Gasteiger partial charge in [-0.25, -0.2) is 5.01 Å². The normalized spacial score (nSPS) is 11.6. The molecule has 5 nitrogen and oxygen atoms in total. The first-order valence-electron chi connectivity index (χ1n) is 11.2. The number of carbonyl (C=O) groups is 1. The van der Waals surface area contributed by atoms with Crippen LogP contribution in [0.1, 0.15) is 42.7 Å². The molecule has 0 bridgehead atoms. The highest BCUT2D eigenvalue weighted by Crippen LogP contribution is 2.21. The van der Waals surface area contributed by atoms with E-state index in [2.05, 4.69) is 66.0 Å². The van der Waals surface area contributed by atoms with E-state index < -0.39 is 0 Å². The van der Waals surface area contributed by atoms with Crippen LogP contribution in [0.15, 0.2) is 54.6 Å². The van der Waals surface area contributed by atoms with Gasteiger partial charge in [-0.3, -0.25) is 10.2 Å². The maximum Gasteiger partial charge on any atom is 0.258 e. The first-order valence-corrected chi connectivity index (χ1v) is 11.2. The van der Waals surface area contributed by atoms with E-state index in [1.54, 1.807) is 6.08 Å². The Hall–Kier alpha value is -2.89. The van der Waals surface area contributed by atoms with Crippen LogP contribution < -0.4 is 10.7 Å². The first kappa shape index (κ1) is 22.8. The summed E-state index contributed by atoms with van der Waals surface area (Å²) < 4.78 is 0. The Morgan fingerprint density at radius 2 is 1.87 bits per heavy atom. The summed E-state index contributed by atoms with van der Waals surface area (Å²) in [7, 11) is 0. The van der Waals surface area contributed by atoms with Gasteiger partial charge in [-0.1, -0.05) is 56.3 Å². The highest BCUT2D eigenvalue weighted by atomic mass is 16.2. The van der Waals surface area contributed by atoms with E-state index in [0.717, 1.165) is 44.6 Å². The van der Waals surface area contributed by atoms with E-state index in [1.807, 2.05) is 30.1 Å². The van der Waals surface area contributed by atoms with Gasteiger partial charge in [0.05, 0.1) is 0 Å². The first-order chi connectivity index (χ1) is 15.1. The second-order valence-electron chi connectivity index (χ2n) is 7.83. The summed E-state index contributed by atoms with van der Waals surface area (Å²) in [4.78, 5) is 15.5. The third kappa shape index (κ3) is 6.54. The second-order valence-corrected chi connectivity index (χ2v) is 7.83. The van der Waals surface area contributed by atoms with Crippen molar-refractivity contribution in [2.24, 2.45) is 0 Å². The molecule has 3 N–H and O–H groups in total. The van der Waals surface area contributed by atoms with E-state index in [4.69, 9.17) is 0 Å². The molecule has 1 amide bonds. The lowest BCUT2D eigenvalue weighted by atomic mass is 10.1. The predicted octanol–water partition coefficient (Wildman–Crippen LogP) is 4.58. The standard InChI is InChI=1S/C26H34N4O/c1-4-18-30(5-2)29-26(31)15-14-21-10-12-22(13-11-21)19-27-17-16-23-20(3)28-25-9-7-6-8-24(23)25/h6-15,27-28H,4-5,16-19H2,1-3H3,(H,29,31)/b15-14+. The van der Waals surface area contributed by atoms with Crippen LogP contribution >= 0.6 is 0 Å². The van der Waals surface area contributed by atoms with Gasteiger partial charge in [-0.2, -0.15) is 0 Å². The average molecular weight is 419 g/mol. The molecular formula is C26H34N4O. The minimum Gasteiger partial charge on any atom is -0.358 e. The number of amides is 1. The van der Waals surface area contributed by atoms with Gasteiger partial charge in [0.15, 0.2) is 0 Å². The Labute approximate surface area is 185 Å². The highest BCUT2D eigenvalue weighted by Gasteiger charge is 2.07. The minimum atomic E-state index is -0.0892. The molecule has 1 heterocycles. The third-order valence-electron chi connectivity index (χ3n) is 5.46. The zero-order valence-electron chi connectivity index (χ0n) is 18.9. The summed E-state index contributed by atoms with van der Waals surface area (Å²) in [5, 5.41) is 6.79. The fraction of sp³-hybridized carbons (Fsp3) is 0.346. The van der Waals surface area contributed by atoms with Gasteiger partial charge < -0.3 is 10.3 Å². The topological polar surface area (TPSA) is 60.2 Å². The summed E-state index contributed by atoms with van der Waals surface area (Å²) in [5.74, 6) is -0.0892. The Kier molecular flexibility index (Phi) is 8.44. The third-order valence-corrected chi connectivity index (χ3v) is 5.46. The number of hydrazine groups is 1. The van der Waals surface area contributed by atoms with Crippen LogP contribution in [0.25, 0.3) is 17.0 Å². The number of para-hydroxylation sites is 1. The molecule has 3 rings (SSSR count). The van der Waals surface area contributed by atoms with Crippen LogP contribution in [0.5, 0.6) is 0 Å². The monoisotopic (exact) mass is 418 g/mol. The summed E-state index contributed by atoms with van der Waals surface area (Å²) >= 11 is 0. The molecule has 0 atom stereocenters. The van der Waals surface area contributed by atoms with Gasteiger partial charge in [0, 0.05) is 42.3 Å². The number of H-pyrrole nitrogens is 1. The van der Waals surface area contributed by atoms with Gasteiger partial charge in [0.25, 0.3) is 5.91 Å². The molecule has 0 unspecified atom stereocenters. The lowest BCUT2D eigenvalue weighted by Crippen LogP contribution is -2.41. The second kappa shape index (κ2) is 11.5. The van der Waals surface area contributed by atoms with Gasteiger partial charge in [0.2, 0.25) is 0 Å².